The number of nitrogens with zero attached hydrogens (tertiary/aromatic N) is 2. The Bertz CT molecular complexity index is 281. The second-order valence-corrected chi connectivity index (χ2v) is 6.15. The lowest BCUT2D eigenvalue weighted by molar-refractivity contribution is -0.129. The number of rotatable bonds is 5. The summed E-state index contributed by atoms with van der Waals surface area (Å²) in [6.07, 6.45) is 7.79. The van der Waals surface area contributed by atoms with Crippen LogP contribution >= 0.6 is 0 Å². The first kappa shape index (κ1) is 14.8. The van der Waals surface area contributed by atoms with Crippen LogP contribution < -0.4 is 5.32 Å². The van der Waals surface area contributed by atoms with Gasteiger partial charge < -0.3 is 15.1 Å². The third kappa shape index (κ3) is 4.46. The third-order valence-electron chi connectivity index (χ3n) is 4.79. The predicted molar refractivity (Wildman–Crippen MR) is 78.2 cm³/mol. The largest absolute Gasteiger partial charge is 0.343 e. The van der Waals surface area contributed by atoms with Crippen molar-refractivity contribution in [2.75, 3.05) is 33.2 Å². The SMILES string of the molecule is CC(=O)N1CCC(NCCN(C)C2CCCC2)CC1. The molecule has 1 N–H and O–H groups in total. The molecular weight excluding hydrogens is 238 g/mol. The minimum absolute atomic E-state index is 0.222. The van der Waals surface area contributed by atoms with Gasteiger partial charge in [-0.1, -0.05) is 12.8 Å². The van der Waals surface area contributed by atoms with E-state index >= 15 is 0 Å². The monoisotopic (exact) mass is 267 g/mol. The van der Waals surface area contributed by atoms with E-state index in [-0.39, 0.29) is 5.91 Å². The van der Waals surface area contributed by atoms with Crippen LogP contribution in [0.25, 0.3) is 0 Å². The maximum absolute atomic E-state index is 11.3. The molecule has 19 heavy (non-hydrogen) atoms. The number of hydrogen-bond donors (Lipinski definition) is 1. The van der Waals surface area contributed by atoms with Crippen molar-refractivity contribution in [3.05, 3.63) is 0 Å². The molecule has 4 heteroatoms. The molecular formula is C15H29N3O. The maximum Gasteiger partial charge on any atom is 0.219 e. The number of hydrogen-bond acceptors (Lipinski definition) is 3. The van der Waals surface area contributed by atoms with Gasteiger partial charge in [0, 0.05) is 45.2 Å². The lowest BCUT2D eigenvalue weighted by Gasteiger charge is -2.32. The Morgan fingerprint density at radius 2 is 1.84 bits per heavy atom. The molecule has 4 nitrogen and oxygen atoms in total. The van der Waals surface area contributed by atoms with Crippen molar-refractivity contribution in [3.8, 4) is 0 Å². The number of nitrogens with one attached hydrogen (secondary N) is 1. The second-order valence-electron chi connectivity index (χ2n) is 6.15. The topological polar surface area (TPSA) is 35.6 Å². The molecule has 0 radical (unpaired) electrons. The van der Waals surface area contributed by atoms with Crippen molar-refractivity contribution in [3.63, 3.8) is 0 Å². The highest BCUT2D eigenvalue weighted by molar-refractivity contribution is 5.73. The van der Waals surface area contributed by atoms with Crippen LogP contribution in [0.1, 0.15) is 45.4 Å². The minimum Gasteiger partial charge on any atom is -0.343 e. The first-order chi connectivity index (χ1) is 9.16. The van der Waals surface area contributed by atoms with Crippen molar-refractivity contribution in [1.29, 1.82) is 0 Å². The summed E-state index contributed by atoms with van der Waals surface area (Å²) >= 11 is 0. The summed E-state index contributed by atoms with van der Waals surface area (Å²) in [7, 11) is 2.26. The average Bonchev–Trinajstić information content (AvgIpc) is 2.93. The molecule has 2 aliphatic rings. The summed E-state index contributed by atoms with van der Waals surface area (Å²) in [5, 5.41) is 3.66. The van der Waals surface area contributed by atoms with Gasteiger partial charge in [0.25, 0.3) is 0 Å². The molecule has 110 valence electrons. The highest BCUT2D eigenvalue weighted by atomic mass is 16.2. The van der Waals surface area contributed by atoms with Gasteiger partial charge in [0.1, 0.15) is 0 Å². The Kier molecular flexibility index (Phi) is 5.64. The number of likely N-dealkylation sites (N-methyl/N-ethyl adjacent to an activating group) is 1. The lowest BCUT2D eigenvalue weighted by atomic mass is 10.1. The fourth-order valence-electron chi connectivity index (χ4n) is 3.37. The number of likely N-dealkylation sites (tertiary alicyclic amines) is 1. The molecule has 1 amide bonds. The first-order valence-corrected chi connectivity index (χ1v) is 7.86. The first-order valence-electron chi connectivity index (χ1n) is 7.86. The van der Waals surface area contributed by atoms with Crippen LogP contribution in [-0.2, 0) is 4.79 Å². The Balaban J connectivity index is 1.57. The van der Waals surface area contributed by atoms with Crippen molar-refractivity contribution in [2.24, 2.45) is 0 Å². The highest BCUT2D eigenvalue weighted by Gasteiger charge is 2.21. The quantitative estimate of drug-likeness (QED) is 0.819. The van der Waals surface area contributed by atoms with Gasteiger partial charge in [-0.3, -0.25) is 4.79 Å². The molecule has 1 saturated carbocycles. The van der Waals surface area contributed by atoms with Gasteiger partial charge in [-0.05, 0) is 32.7 Å². The van der Waals surface area contributed by atoms with E-state index in [1.807, 2.05) is 4.90 Å². The van der Waals surface area contributed by atoms with Crippen LogP contribution in [0.15, 0.2) is 0 Å². The molecule has 1 aliphatic carbocycles. The highest BCUT2D eigenvalue weighted by Crippen LogP contribution is 2.21. The van der Waals surface area contributed by atoms with Crippen LogP contribution in [0.4, 0.5) is 0 Å². The molecule has 1 aliphatic heterocycles. The predicted octanol–water partition coefficient (Wildman–Crippen LogP) is 1.46. The van der Waals surface area contributed by atoms with E-state index < -0.39 is 0 Å². The van der Waals surface area contributed by atoms with E-state index in [4.69, 9.17) is 0 Å². The maximum atomic E-state index is 11.3. The number of carbonyl (C=O) groups is 1. The smallest absolute Gasteiger partial charge is 0.219 e. The van der Waals surface area contributed by atoms with E-state index in [0.29, 0.717) is 6.04 Å². The molecule has 0 atom stereocenters. The summed E-state index contributed by atoms with van der Waals surface area (Å²) in [6.45, 7) is 5.75. The molecule has 0 spiro atoms. The van der Waals surface area contributed by atoms with Crippen LogP contribution in [0.3, 0.4) is 0 Å². The summed E-state index contributed by atoms with van der Waals surface area (Å²) in [4.78, 5) is 15.7. The lowest BCUT2D eigenvalue weighted by Crippen LogP contribution is -2.46. The van der Waals surface area contributed by atoms with Crippen LogP contribution in [0.5, 0.6) is 0 Å². The van der Waals surface area contributed by atoms with E-state index in [9.17, 15) is 4.79 Å². The van der Waals surface area contributed by atoms with E-state index in [2.05, 4.69) is 17.3 Å². The Morgan fingerprint density at radius 3 is 2.42 bits per heavy atom. The molecule has 0 unspecified atom stereocenters. The van der Waals surface area contributed by atoms with E-state index in [1.165, 1.54) is 25.7 Å². The summed E-state index contributed by atoms with van der Waals surface area (Å²) < 4.78 is 0. The number of amides is 1. The third-order valence-corrected chi connectivity index (χ3v) is 4.79. The molecule has 0 aromatic rings. The standard InChI is InChI=1S/C15H29N3O/c1-13(19)18-10-7-14(8-11-18)16-9-12-17(2)15-5-3-4-6-15/h14-16H,3-12H2,1-2H3. The average molecular weight is 267 g/mol. The van der Waals surface area contributed by atoms with Crippen LogP contribution in [0, 0.1) is 0 Å². The van der Waals surface area contributed by atoms with Crippen LogP contribution in [0.2, 0.25) is 0 Å². The molecule has 0 bridgehead atoms. The van der Waals surface area contributed by atoms with Crippen LogP contribution in [-0.4, -0.2) is 61.0 Å². The fourth-order valence-corrected chi connectivity index (χ4v) is 3.37. The summed E-state index contributed by atoms with van der Waals surface area (Å²) in [5.41, 5.74) is 0. The Labute approximate surface area is 117 Å². The molecule has 1 saturated heterocycles. The van der Waals surface area contributed by atoms with Gasteiger partial charge in [0.05, 0.1) is 0 Å². The van der Waals surface area contributed by atoms with Gasteiger partial charge >= 0.3 is 0 Å². The van der Waals surface area contributed by atoms with Gasteiger partial charge in [-0.25, -0.2) is 0 Å². The molecule has 2 rings (SSSR count). The second kappa shape index (κ2) is 7.25. The minimum atomic E-state index is 0.222. The van der Waals surface area contributed by atoms with Gasteiger partial charge in [0.15, 0.2) is 0 Å². The van der Waals surface area contributed by atoms with E-state index in [1.54, 1.807) is 6.92 Å². The van der Waals surface area contributed by atoms with Gasteiger partial charge in [-0.2, -0.15) is 0 Å². The summed E-state index contributed by atoms with van der Waals surface area (Å²) in [5.74, 6) is 0.222. The normalized spacial score (nSPS) is 22.4. The zero-order valence-corrected chi connectivity index (χ0v) is 12.5. The molecule has 2 fully saturated rings. The summed E-state index contributed by atoms with van der Waals surface area (Å²) in [6, 6.07) is 1.42. The Morgan fingerprint density at radius 1 is 1.21 bits per heavy atom. The van der Waals surface area contributed by atoms with Crippen molar-refractivity contribution in [1.82, 2.24) is 15.1 Å². The van der Waals surface area contributed by atoms with Crippen molar-refractivity contribution in [2.45, 2.75) is 57.5 Å². The van der Waals surface area contributed by atoms with Gasteiger partial charge in [-0.15, -0.1) is 0 Å². The number of piperidine rings is 1. The van der Waals surface area contributed by atoms with Crippen molar-refractivity contribution >= 4 is 5.91 Å². The fraction of sp³-hybridized carbons (Fsp3) is 0.933. The van der Waals surface area contributed by atoms with E-state index in [0.717, 1.165) is 45.1 Å². The Hall–Kier alpha value is -0.610. The zero-order chi connectivity index (χ0) is 13.7. The van der Waals surface area contributed by atoms with Crippen molar-refractivity contribution < 1.29 is 4.79 Å². The molecule has 0 aromatic heterocycles. The zero-order valence-electron chi connectivity index (χ0n) is 12.5. The molecule has 1 heterocycles. The molecule has 0 aromatic carbocycles. The van der Waals surface area contributed by atoms with Gasteiger partial charge in [0.2, 0.25) is 5.91 Å². The number of carbonyl (C=O) groups excluding carboxylic acids is 1.